The van der Waals surface area contributed by atoms with Crippen molar-refractivity contribution in [1.29, 1.82) is 0 Å². The van der Waals surface area contributed by atoms with Gasteiger partial charge in [-0.05, 0) is 43.6 Å². The monoisotopic (exact) mass is 357 g/mol. The predicted octanol–water partition coefficient (Wildman–Crippen LogP) is 3.90. The predicted molar refractivity (Wildman–Crippen MR) is 90.0 cm³/mol. The molecule has 1 heterocycles. The number of aliphatic hydroxyl groups is 1. The highest BCUT2D eigenvalue weighted by Crippen LogP contribution is 2.56. The van der Waals surface area contributed by atoms with Gasteiger partial charge in [0.2, 0.25) is 4.77 Å². The van der Waals surface area contributed by atoms with Crippen LogP contribution in [-0.2, 0) is 6.42 Å². The normalized spacial score (nSPS) is 20.4. The first-order chi connectivity index (χ1) is 10.4. The molecular weight excluding hydrogens is 341 g/mol. The molecule has 1 aromatic heterocycles. The molecule has 118 valence electrons. The zero-order chi connectivity index (χ0) is 16.0. The summed E-state index contributed by atoms with van der Waals surface area (Å²) in [6.45, 7) is 1.90. The van der Waals surface area contributed by atoms with Crippen molar-refractivity contribution in [2.24, 2.45) is 0 Å². The van der Waals surface area contributed by atoms with Gasteiger partial charge in [-0.15, -0.1) is 11.6 Å². The van der Waals surface area contributed by atoms with E-state index < -0.39 is 10.5 Å². The number of rotatable bonds is 5. The van der Waals surface area contributed by atoms with Gasteiger partial charge in [0.1, 0.15) is 11.9 Å². The van der Waals surface area contributed by atoms with E-state index in [-0.39, 0.29) is 6.04 Å². The van der Waals surface area contributed by atoms with Gasteiger partial charge in [0.05, 0.1) is 10.9 Å². The Bertz CT molecular complexity index is 740. The number of nitrogens with zero attached hydrogens (tertiary/aromatic N) is 2. The largest absolute Gasteiger partial charge is 0.385 e. The molecule has 2 unspecified atom stereocenters. The minimum Gasteiger partial charge on any atom is -0.385 e. The second-order valence-corrected chi connectivity index (χ2v) is 7.37. The van der Waals surface area contributed by atoms with Gasteiger partial charge in [-0.25, -0.2) is 4.98 Å². The molecule has 0 aliphatic heterocycles. The molecule has 7 heteroatoms. The number of halogens is 2. The van der Waals surface area contributed by atoms with Crippen LogP contribution in [0, 0.1) is 4.77 Å². The summed E-state index contributed by atoms with van der Waals surface area (Å²) in [5.74, 6) is 0. The quantitative estimate of drug-likeness (QED) is 0.630. The lowest BCUT2D eigenvalue weighted by molar-refractivity contribution is -0.0216. The summed E-state index contributed by atoms with van der Waals surface area (Å²) in [6.07, 6.45) is 3.41. The van der Waals surface area contributed by atoms with Gasteiger partial charge in [0.15, 0.2) is 0 Å². The highest BCUT2D eigenvalue weighted by molar-refractivity contribution is 7.71. The van der Waals surface area contributed by atoms with Gasteiger partial charge in [-0.1, -0.05) is 29.8 Å². The van der Waals surface area contributed by atoms with E-state index in [0.29, 0.717) is 16.2 Å². The highest BCUT2D eigenvalue weighted by Gasteiger charge is 2.61. The van der Waals surface area contributed by atoms with Crippen molar-refractivity contribution in [3.63, 3.8) is 0 Å². The van der Waals surface area contributed by atoms with E-state index >= 15 is 0 Å². The van der Waals surface area contributed by atoms with Crippen LogP contribution >= 0.6 is 35.4 Å². The van der Waals surface area contributed by atoms with Gasteiger partial charge >= 0.3 is 0 Å². The molecule has 4 nitrogen and oxygen atoms in total. The Morgan fingerprint density at radius 2 is 2.18 bits per heavy atom. The molecule has 2 N–H and O–H groups in total. The number of aromatic amines is 1. The van der Waals surface area contributed by atoms with E-state index in [4.69, 9.17) is 35.4 Å². The summed E-state index contributed by atoms with van der Waals surface area (Å²) >= 11 is 18.1. The van der Waals surface area contributed by atoms with E-state index in [9.17, 15) is 5.11 Å². The average Bonchev–Trinajstić information content (AvgIpc) is 3.11. The molecule has 2 aromatic rings. The van der Waals surface area contributed by atoms with E-state index in [1.165, 1.54) is 6.33 Å². The average molecular weight is 358 g/mol. The molecule has 2 atom stereocenters. The second-order valence-electron chi connectivity index (χ2n) is 5.87. The fourth-order valence-corrected chi connectivity index (χ4v) is 3.70. The minimum absolute atomic E-state index is 0.348. The molecular formula is C15H17Cl2N3OS. The fourth-order valence-electron chi connectivity index (χ4n) is 2.91. The van der Waals surface area contributed by atoms with Crippen molar-refractivity contribution in [2.45, 2.75) is 42.7 Å². The highest BCUT2D eigenvalue weighted by atomic mass is 35.5. The summed E-state index contributed by atoms with van der Waals surface area (Å²) in [7, 11) is 0. The molecule has 0 bridgehead atoms. The van der Waals surface area contributed by atoms with Crippen molar-refractivity contribution in [1.82, 2.24) is 14.8 Å². The Balaban J connectivity index is 2.01. The Morgan fingerprint density at radius 1 is 1.50 bits per heavy atom. The van der Waals surface area contributed by atoms with Crippen molar-refractivity contribution in [3.05, 3.63) is 45.9 Å². The Hall–Kier alpha value is -0.880. The van der Waals surface area contributed by atoms with Crippen LogP contribution in [0.1, 0.15) is 31.4 Å². The van der Waals surface area contributed by atoms with Crippen LogP contribution in [0.3, 0.4) is 0 Å². The molecule has 0 radical (unpaired) electrons. The number of H-pyrrole nitrogens is 1. The summed E-state index contributed by atoms with van der Waals surface area (Å²) in [6, 6.07) is 7.15. The first kappa shape index (κ1) is 16.0. The zero-order valence-electron chi connectivity index (χ0n) is 12.1. The number of aromatic nitrogens is 3. The number of nitrogens with one attached hydrogen (secondary N) is 1. The Labute approximate surface area is 144 Å². The summed E-state index contributed by atoms with van der Waals surface area (Å²) in [4.78, 5) is 3.36. The molecule has 3 rings (SSSR count). The van der Waals surface area contributed by atoms with Gasteiger partial charge in [0, 0.05) is 11.4 Å². The van der Waals surface area contributed by atoms with Crippen LogP contribution in [0.4, 0.5) is 0 Å². The summed E-state index contributed by atoms with van der Waals surface area (Å²) in [5.41, 5.74) is -0.305. The zero-order valence-corrected chi connectivity index (χ0v) is 14.4. The SMILES string of the molecule is CC(n1[nH]cnc1=S)C(O)(Cc1ccccc1Cl)C1(Cl)CC1. The molecule has 1 fully saturated rings. The number of benzene rings is 1. The maximum Gasteiger partial charge on any atom is 0.216 e. The number of hydrogen-bond donors (Lipinski definition) is 2. The van der Waals surface area contributed by atoms with E-state index in [2.05, 4.69) is 10.1 Å². The molecule has 1 saturated carbocycles. The van der Waals surface area contributed by atoms with Crippen molar-refractivity contribution < 1.29 is 5.11 Å². The number of hydrogen-bond acceptors (Lipinski definition) is 3. The van der Waals surface area contributed by atoms with Crippen molar-refractivity contribution in [2.75, 3.05) is 0 Å². The molecule has 1 aliphatic rings. The first-order valence-electron chi connectivity index (χ1n) is 7.14. The molecule has 22 heavy (non-hydrogen) atoms. The van der Waals surface area contributed by atoms with Crippen LogP contribution in [0.25, 0.3) is 0 Å². The summed E-state index contributed by atoms with van der Waals surface area (Å²) < 4.78 is 2.07. The lowest BCUT2D eigenvalue weighted by Gasteiger charge is -2.39. The molecule has 0 saturated heterocycles. The maximum atomic E-state index is 11.4. The maximum absolute atomic E-state index is 11.4. The Kier molecular flexibility index (Phi) is 4.10. The fraction of sp³-hybridized carbons (Fsp3) is 0.467. The van der Waals surface area contributed by atoms with Crippen LogP contribution in [0.15, 0.2) is 30.6 Å². The third-order valence-electron chi connectivity index (χ3n) is 4.54. The van der Waals surface area contributed by atoms with Gasteiger partial charge in [-0.3, -0.25) is 9.78 Å². The van der Waals surface area contributed by atoms with Crippen molar-refractivity contribution in [3.8, 4) is 0 Å². The van der Waals surface area contributed by atoms with Crippen LogP contribution < -0.4 is 0 Å². The van der Waals surface area contributed by atoms with Gasteiger partial charge in [0.25, 0.3) is 0 Å². The smallest absolute Gasteiger partial charge is 0.216 e. The van der Waals surface area contributed by atoms with E-state index in [1.807, 2.05) is 31.2 Å². The lowest BCUT2D eigenvalue weighted by Crippen LogP contribution is -2.50. The van der Waals surface area contributed by atoms with E-state index in [0.717, 1.165) is 18.4 Å². The van der Waals surface area contributed by atoms with Gasteiger partial charge < -0.3 is 5.11 Å². The lowest BCUT2D eigenvalue weighted by atomic mass is 9.83. The summed E-state index contributed by atoms with van der Waals surface area (Å²) in [5, 5.41) is 15.0. The first-order valence-corrected chi connectivity index (χ1v) is 8.30. The standard InChI is InChI=1S/C15H17Cl2N3OS/c1-10(20-13(22)18-9-19-20)15(21,14(17)6-7-14)8-11-4-2-3-5-12(11)16/h2-5,9-10,21H,6-8H2,1H3,(H,18,19,22). The van der Waals surface area contributed by atoms with Crippen LogP contribution in [0.2, 0.25) is 5.02 Å². The second kappa shape index (κ2) is 5.64. The van der Waals surface area contributed by atoms with Crippen molar-refractivity contribution >= 4 is 35.4 Å². The van der Waals surface area contributed by atoms with Crippen LogP contribution in [0.5, 0.6) is 0 Å². The van der Waals surface area contributed by atoms with Gasteiger partial charge in [-0.2, -0.15) is 0 Å². The Morgan fingerprint density at radius 3 is 2.73 bits per heavy atom. The topological polar surface area (TPSA) is 53.8 Å². The minimum atomic E-state index is -1.18. The molecule has 1 aromatic carbocycles. The molecule has 1 aliphatic carbocycles. The number of alkyl halides is 1. The molecule has 0 spiro atoms. The third kappa shape index (κ3) is 2.60. The molecule has 0 amide bonds. The van der Waals surface area contributed by atoms with Crippen LogP contribution in [-0.4, -0.2) is 30.3 Å². The third-order valence-corrected chi connectivity index (χ3v) is 5.92. The van der Waals surface area contributed by atoms with E-state index in [1.54, 1.807) is 4.68 Å².